The maximum absolute atomic E-state index is 13.4. The number of ether oxygens (including phenoxy) is 1. The molecule has 41 heavy (non-hydrogen) atoms. The lowest BCUT2D eigenvalue weighted by Gasteiger charge is -2.22. The fourth-order valence-electron chi connectivity index (χ4n) is 4.05. The van der Waals surface area contributed by atoms with E-state index in [0.29, 0.717) is 35.7 Å². The maximum Gasteiger partial charge on any atom is 0.271 e. The standard InChI is InChI=1S/C28H24BrClN4O5S2/c1-3-32(4-2)19-9-8-17(12-25-27(36)33(28(40)41-25)20-10-11-22(29)23(30)14-20)24(15-19)39-16-26(35)31-18-6-5-7-21(13-18)34(37)38/h5-15H,3-4,16H2,1-2H3,(H,31,35)/b25-12+. The summed E-state index contributed by atoms with van der Waals surface area (Å²) in [7, 11) is 0. The number of nitro groups is 1. The molecule has 1 fully saturated rings. The first-order valence-electron chi connectivity index (χ1n) is 12.4. The summed E-state index contributed by atoms with van der Waals surface area (Å²) in [5.41, 5.74) is 2.16. The third kappa shape index (κ3) is 7.25. The number of halogens is 2. The first-order chi connectivity index (χ1) is 19.6. The number of carbonyl (C=O) groups is 2. The van der Waals surface area contributed by atoms with Gasteiger partial charge in [0.15, 0.2) is 10.9 Å². The molecule has 0 aromatic heterocycles. The van der Waals surface area contributed by atoms with E-state index in [2.05, 4.69) is 26.1 Å². The van der Waals surface area contributed by atoms with E-state index in [1.165, 1.54) is 23.1 Å². The number of rotatable bonds is 10. The van der Waals surface area contributed by atoms with Gasteiger partial charge in [-0.25, -0.2) is 0 Å². The summed E-state index contributed by atoms with van der Waals surface area (Å²) >= 11 is 16.2. The van der Waals surface area contributed by atoms with Gasteiger partial charge in [-0.2, -0.15) is 0 Å². The van der Waals surface area contributed by atoms with Crippen LogP contribution in [0.25, 0.3) is 6.08 Å². The van der Waals surface area contributed by atoms with Crippen LogP contribution < -0.4 is 19.9 Å². The average molecular weight is 676 g/mol. The zero-order chi connectivity index (χ0) is 29.7. The van der Waals surface area contributed by atoms with Crippen LogP contribution >= 0.6 is 51.5 Å². The van der Waals surface area contributed by atoms with Crippen LogP contribution in [0.2, 0.25) is 5.02 Å². The van der Waals surface area contributed by atoms with Crippen LogP contribution in [0.15, 0.2) is 70.0 Å². The van der Waals surface area contributed by atoms with Gasteiger partial charge in [-0.3, -0.25) is 24.6 Å². The lowest BCUT2D eigenvalue weighted by molar-refractivity contribution is -0.384. The molecule has 13 heteroatoms. The molecule has 0 unspecified atom stereocenters. The van der Waals surface area contributed by atoms with Crippen molar-refractivity contribution in [1.29, 1.82) is 0 Å². The van der Waals surface area contributed by atoms with E-state index >= 15 is 0 Å². The number of thiocarbonyl (C=S) groups is 1. The monoisotopic (exact) mass is 674 g/mol. The number of carbonyl (C=O) groups excluding carboxylic acids is 2. The molecule has 3 aromatic rings. The van der Waals surface area contributed by atoms with E-state index in [0.717, 1.165) is 30.5 Å². The normalized spacial score (nSPS) is 14.0. The molecule has 0 bridgehead atoms. The van der Waals surface area contributed by atoms with Gasteiger partial charge in [0, 0.05) is 52.7 Å². The number of amides is 2. The minimum atomic E-state index is -0.537. The quantitative estimate of drug-likeness (QED) is 0.104. The molecule has 0 saturated carbocycles. The molecule has 9 nitrogen and oxygen atoms in total. The fourth-order valence-corrected chi connectivity index (χ4v) is 5.76. The summed E-state index contributed by atoms with van der Waals surface area (Å²) in [6.07, 6.45) is 1.68. The van der Waals surface area contributed by atoms with Crippen molar-refractivity contribution in [3.8, 4) is 5.75 Å². The molecule has 1 aliphatic rings. The predicted molar refractivity (Wildman–Crippen MR) is 172 cm³/mol. The molecule has 0 aliphatic carbocycles. The highest BCUT2D eigenvalue weighted by atomic mass is 79.9. The number of non-ortho nitro benzene ring substituents is 1. The molecule has 1 aliphatic heterocycles. The van der Waals surface area contributed by atoms with Gasteiger partial charge < -0.3 is 15.0 Å². The Morgan fingerprint density at radius 2 is 1.95 bits per heavy atom. The van der Waals surface area contributed by atoms with E-state index < -0.39 is 10.8 Å². The molecule has 0 radical (unpaired) electrons. The molecular formula is C28H24BrClN4O5S2. The van der Waals surface area contributed by atoms with Gasteiger partial charge in [0.2, 0.25) is 0 Å². The number of nitro benzene ring substituents is 1. The van der Waals surface area contributed by atoms with E-state index in [1.54, 1.807) is 30.3 Å². The SMILES string of the molecule is CCN(CC)c1ccc(/C=C2/SC(=S)N(c3ccc(Br)c(Cl)c3)C2=O)c(OCC(=O)Nc2cccc([N+](=O)[O-])c2)c1. The van der Waals surface area contributed by atoms with Crippen LogP contribution in [0.1, 0.15) is 19.4 Å². The Morgan fingerprint density at radius 1 is 1.20 bits per heavy atom. The molecule has 1 saturated heterocycles. The van der Waals surface area contributed by atoms with Gasteiger partial charge in [-0.1, -0.05) is 41.6 Å². The summed E-state index contributed by atoms with van der Waals surface area (Å²) < 4.78 is 7.00. The predicted octanol–water partition coefficient (Wildman–Crippen LogP) is 7.28. The molecule has 3 aromatic carbocycles. The van der Waals surface area contributed by atoms with E-state index in [9.17, 15) is 19.7 Å². The molecule has 0 spiro atoms. The smallest absolute Gasteiger partial charge is 0.271 e. The van der Waals surface area contributed by atoms with Crippen molar-refractivity contribution >= 4 is 96.5 Å². The third-order valence-corrected chi connectivity index (χ3v) is 8.60. The fraction of sp³-hybridized carbons (Fsp3) is 0.179. The Labute approximate surface area is 259 Å². The van der Waals surface area contributed by atoms with Crippen LogP contribution in [-0.4, -0.2) is 40.8 Å². The van der Waals surface area contributed by atoms with Gasteiger partial charge in [-0.15, -0.1) is 0 Å². The number of hydrogen-bond donors (Lipinski definition) is 1. The minimum Gasteiger partial charge on any atom is -0.483 e. The van der Waals surface area contributed by atoms with Crippen LogP contribution in [-0.2, 0) is 9.59 Å². The second-order valence-electron chi connectivity index (χ2n) is 8.65. The van der Waals surface area contributed by atoms with Crippen LogP contribution in [0.5, 0.6) is 5.75 Å². The number of nitrogens with one attached hydrogen (secondary N) is 1. The second kappa shape index (κ2) is 13.5. The molecule has 2 amide bonds. The van der Waals surface area contributed by atoms with Crippen molar-refractivity contribution in [3.63, 3.8) is 0 Å². The van der Waals surface area contributed by atoms with Crippen LogP contribution in [0.3, 0.4) is 0 Å². The summed E-state index contributed by atoms with van der Waals surface area (Å²) in [5.74, 6) is -0.413. The molecule has 212 valence electrons. The van der Waals surface area contributed by atoms with E-state index in [1.807, 2.05) is 32.0 Å². The van der Waals surface area contributed by atoms with Crippen LogP contribution in [0.4, 0.5) is 22.7 Å². The Hall–Kier alpha value is -3.45. The second-order valence-corrected chi connectivity index (χ2v) is 11.6. The van der Waals surface area contributed by atoms with Crippen LogP contribution in [0, 0.1) is 10.1 Å². The van der Waals surface area contributed by atoms with Gasteiger partial charge >= 0.3 is 0 Å². The van der Waals surface area contributed by atoms with Gasteiger partial charge in [0.05, 0.1) is 20.5 Å². The molecule has 1 N–H and O–H groups in total. The molecule has 1 heterocycles. The van der Waals surface area contributed by atoms with E-state index in [-0.39, 0.29) is 23.9 Å². The number of nitrogens with zero attached hydrogens (tertiary/aromatic N) is 3. The number of benzene rings is 3. The van der Waals surface area contributed by atoms with Gasteiger partial charge in [0.25, 0.3) is 17.5 Å². The van der Waals surface area contributed by atoms with Crippen molar-refractivity contribution in [3.05, 3.63) is 90.7 Å². The minimum absolute atomic E-state index is 0.138. The summed E-state index contributed by atoms with van der Waals surface area (Å²) in [5, 5.41) is 14.1. The zero-order valence-corrected chi connectivity index (χ0v) is 25.9. The summed E-state index contributed by atoms with van der Waals surface area (Å²) in [6.45, 7) is 5.23. The van der Waals surface area contributed by atoms with E-state index in [4.69, 9.17) is 28.6 Å². The van der Waals surface area contributed by atoms with Crippen molar-refractivity contribution < 1.29 is 19.2 Å². The third-order valence-electron chi connectivity index (χ3n) is 6.07. The van der Waals surface area contributed by atoms with Crippen molar-refractivity contribution in [1.82, 2.24) is 0 Å². The molecule has 0 atom stereocenters. The Balaban J connectivity index is 1.59. The van der Waals surface area contributed by atoms with Crippen molar-refractivity contribution in [2.24, 2.45) is 0 Å². The largest absolute Gasteiger partial charge is 0.483 e. The van der Waals surface area contributed by atoms with Gasteiger partial charge in [0.1, 0.15) is 5.75 Å². The highest BCUT2D eigenvalue weighted by Gasteiger charge is 2.34. The number of hydrogen-bond acceptors (Lipinski definition) is 8. The van der Waals surface area contributed by atoms with Crippen molar-refractivity contribution in [2.45, 2.75) is 13.8 Å². The lowest BCUT2D eigenvalue weighted by atomic mass is 10.1. The first-order valence-corrected chi connectivity index (χ1v) is 14.8. The summed E-state index contributed by atoms with van der Waals surface area (Å²) in [6, 6.07) is 16.4. The lowest BCUT2D eigenvalue weighted by Crippen LogP contribution is -2.27. The van der Waals surface area contributed by atoms with Gasteiger partial charge in [-0.05, 0) is 72.3 Å². The Morgan fingerprint density at radius 3 is 2.63 bits per heavy atom. The Bertz CT molecular complexity index is 1560. The first kappa shape index (κ1) is 30.5. The highest BCUT2D eigenvalue weighted by molar-refractivity contribution is 9.10. The number of anilines is 3. The number of thioether (sulfide) groups is 1. The Kier molecular flexibility index (Phi) is 10.0. The molecule has 4 rings (SSSR count). The van der Waals surface area contributed by atoms with Crippen molar-refractivity contribution in [2.75, 3.05) is 34.8 Å². The summed E-state index contributed by atoms with van der Waals surface area (Å²) in [4.78, 5) is 40.5. The zero-order valence-electron chi connectivity index (χ0n) is 21.9. The molecular weight excluding hydrogens is 652 g/mol. The average Bonchev–Trinajstić information content (AvgIpc) is 3.23. The maximum atomic E-state index is 13.4. The topological polar surface area (TPSA) is 105 Å². The highest BCUT2D eigenvalue weighted by Crippen LogP contribution is 2.39.